The van der Waals surface area contributed by atoms with Crippen molar-refractivity contribution in [2.24, 2.45) is 0 Å². The minimum absolute atomic E-state index is 0. The van der Waals surface area contributed by atoms with Crippen LogP contribution in [-0.4, -0.2) is 13.3 Å². The maximum atomic E-state index is 8.56. The van der Waals surface area contributed by atoms with Gasteiger partial charge >= 0.3 is 0 Å². The summed E-state index contributed by atoms with van der Waals surface area (Å²) in [6.45, 7) is 0. The Hall–Kier alpha value is 1.59. The third-order valence-corrected chi connectivity index (χ3v) is 0. The molecule has 0 aromatic heterocycles. The number of rotatable bonds is 0. The largest absolute Gasteiger partial charge is 0.750 e. The zero-order chi connectivity index (χ0) is 3.58. The Morgan fingerprint density at radius 2 is 1.80 bits per heavy atom. The molecule has 0 saturated heterocycles. The molecule has 0 aliphatic heterocycles. The van der Waals surface area contributed by atoms with Gasteiger partial charge in [0.15, 0.2) is 0 Å². The second-order valence-corrected chi connectivity index (χ2v) is 0.651. The Morgan fingerprint density at radius 1 is 1.80 bits per heavy atom. The van der Waals surface area contributed by atoms with Crippen LogP contribution in [0.4, 0.5) is 0 Å². The Balaban J connectivity index is 0. The van der Waals surface area contributed by atoms with Crippen molar-refractivity contribution in [2.45, 2.75) is 0 Å². The molecule has 0 bridgehead atoms. The summed E-state index contributed by atoms with van der Waals surface area (Å²) in [5, 5.41) is 0. The van der Waals surface area contributed by atoms with Crippen molar-refractivity contribution in [1.82, 2.24) is 0 Å². The van der Waals surface area contributed by atoms with Gasteiger partial charge in [-0.3, -0.25) is 0 Å². The van der Waals surface area contributed by atoms with Gasteiger partial charge in [-0.1, -0.05) is 0 Å². The monoisotopic (exact) mass is 255 g/mol. The van der Waals surface area contributed by atoms with Crippen LogP contribution < -0.4 is 0 Å². The van der Waals surface area contributed by atoms with Crippen LogP contribution in [0.25, 0.3) is 0 Å². The molecule has 1 atom stereocenters. The van der Waals surface area contributed by atoms with Crippen LogP contribution in [0.2, 0.25) is 0 Å². The molecule has 0 aliphatic rings. The SMILES string of the molecule is O=S([O-])O.[Yb]. The van der Waals surface area contributed by atoms with E-state index < -0.39 is 11.4 Å². The number of hydrogen-bond donors (Lipinski definition) is 1. The third-order valence-electron chi connectivity index (χ3n) is 0. The fourth-order valence-electron chi connectivity index (χ4n) is 0. The van der Waals surface area contributed by atoms with Crippen molar-refractivity contribution in [3.8, 4) is 0 Å². The van der Waals surface area contributed by atoms with E-state index in [-0.39, 0.29) is 46.9 Å². The van der Waals surface area contributed by atoms with Gasteiger partial charge in [0.25, 0.3) is 0 Å². The van der Waals surface area contributed by atoms with Crippen molar-refractivity contribution in [1.29, 1.82) is 0 Å². The molecule has 5 heavy (non-hydrogen) atoms. The predicted octanol–water partition coefficient (Wildman–Crippen LogP) is -0.661. The molecular formula is HO3SYb-. The topological polar surface area (TPSA) is 60.4 Å². The van der Waals surface area contributed by atoms with Gasteiger partial charge in [-0.2, -0.15) is 0 Å². The van der Waals surface area contributed by atoms with Crippen LogP contribution in [0.3, 0.4) is 0 Å². The molecule has 40 valence electrons. The smallest absolute Gasteiger partial charge is 0.0814 e. The Bertz CT molecular complexity index is 29.9. The summed E-state index contributed by atoms with van der Waals surface area (Å²) >= 11 is -2.86. The fourth-order valence-corrected chi connectivity index (χ4v) is 0. The molecule has 0 aliphatic carbocycles. The standard InChI is InChI=1S/H2O3S.Yb/c1-4(2)3;/h(H2,1,2,3);/p-1. The van der Waals surface area contributed by atoms with Crippen LogP contribution in [-0.2, 0) is 11.4 Å². The van der Waals surface area contributed by atoms with E-state index in [2.05, 4.69) is 0 Å². The van der Waals surface area contributed by atoms with E-state index in [1.807, 2.05) is 0 Å². The van der Waals surface area contributed by atoms with Gasteiger partial charge < -0.3 is 9.11 Å². The van der Waals surface area contributed by atoms with Gasteiger partial charge in [-0.25, -0.2) is 4.21 Å². The molecule has 0 spiro atoms. The van der Waals surface area contributed by atoms with E-state index in [1.54, 1.807) is 0 Å². The van der Waals surface area contributed by atoms with Crippen molar-refractivity contribution in [3.63, 3.8) is 0 Å². The Kier molecular flexibility index (Phi) is 10.9. The molecule has 1 N–H and O–H groups in total. The van der Waals surface area contributed by atoms with Crippen molar-refractivity contribution in [3.05, 3.63) is 0 Å². The average molecular weight is 254 g/mol. The molecule has 1 unspecified atom stereocenters. The van der Waals surface area contributed by atoms with Gasteiger partial charge in [0, 0.05) is 46.9 Å². The molecule has 0 fully saturated rings. The average Bonchev–Trinajstić information content (AvgIpc) is 0.811. The van der Waals surface area contributed by atoms with Crippen LogP contribution in [0.5, 0.6) is 0 Å². The molecule has 0 heterocycles. The summed E-state index contributed by atoms with van der Waals surface area (Å²) in [6.07, 6.45) is 0. The second-order valence-electron chi connectivity index (χ2n) is 0.217. The molecule has 0 rings (SSSR count). The Labute approximate surface area is 70.5 Å². The molecular weight excluding hydrogens is 253 g/mol. The minimum atomic E-state index is -2.86. The minimum Gasteiger partial charge on any atom is -0.750 e. The van der Waals surface area contributed by atoms with Crippen molar-refractivity contribution < 1.29 is 60.2 Å². The van der Waals surface area contributed by atoms with Gasteiger partial charge in [0.2, 0.25) is 0 Å². The first kappa shape index (κ1) is 9.77. The number of hydrogen-bond acceptors (Lipinski definition) is 2. The fraction of sp³-hybridized carbons (Fsp3) is 0. The van der Waals surface area contributed by atoms with E-state index in [1.165, 1.54) is 0 Å². The Morgan fingerprint density at radius 3 is 1.80 bits per heavy atom. The predicted molar refractivity (Wildman–Crippen MR) is 11.5 cm³/mol. The van der Waals surface area contributed by atoms with Crippen molar-refractivity contribution >= 4 is 11.4 Å². The van der Waals surface area contributed by atoms with Gasteiger partial charge in [0.1, 0.15) is 0 Å². The van der Waals surface area contributed by atoms with E-state index in [0.29, 0.717) is 0 Å². The van der Waals surface area contributed by atoms with Gasteiger partial charge in [-0.05, 0) is 0 Å². The van der Waals surface area contributed by atoms with Gasteiger partial charge in [0.05, 0.1) is 11.4 Å². The zero-order valence-corrected chi connectivity index (χ0v) is 4.47. The van der Waals surface area contributed by atoms with Crippen LogP contribution in [0.15, 0.2) is 0 Å². The summed E-state index contributed by atoms with van der Waals surface area (Å²) in [7, 11) is 0. The summed E-state index contributed by atoms with van der Waals surface area (Å²) in [6, 6.07) is 0. The molecule has 0 amide bonds. The van der Waals surface area contributed by atoms with E-state index in [9.17, 15) is 0 Å². The van der Waals surface area contributed by atoms with E-state index in [4.69, 9.17) is 13.3 Å². The normalized spacial score (nSPS) is 12.4. The molecule has 0 radical (unpaired) electrons. The summed E-state index contributed by atoms with van der Waals surface area (Å²) in [5.74, 6) is 0. The maximum absolute atomic E-state index is 8.56. The van der Waals surface area contributed by atoms with E-state index >= 15 is 0 Å². The molecule has 0 aromatic carbocycles. The first-order chi connectivity index (χ1) is 1.73. The second kappa shape index (κ2) is 5.59. The third kappa shape index (κ3) is 28.5. The summed E-state index contributed by atoms with van der Waals surface area (Å²) < 4.78 is 24.1. The first-order valence-corrected chi connectivity index (χ1v) is 1.55. The summed E-state index contributed by atoms with van der Waals surface area (Å²) in [4.78, 5) is 0. The van der Waals surface area contributed by atoms with Crippen LogP contribution in [0, 0.1) is 46.9 Å². The molecule has 5 heteroatoms. The maximum Gasteiger partial charge on any atom is 0.0814 e. The van der Waals surface area contributed by atoms with Crippen LogP contribution >= 0.6 is 0 Å². The molecule has 0 aromatic rings. The quantitative estimate of drug-likeness (QED) is 0.584. The van der Waals surface area contributed by atoms with Gasteiger partial charge in [-0.15, -0.1) is 0 Å². The van der Waals surface area contributed by atoms with Crippen LogP contribution in [0.1, 0.15) is 0 Å². The van der Waals surface area contributed by atoms with E-state index in [0.717, 1.165) is 0 Å². The zero-order valence-electron chi connectivity index (χ0n) is 1.94. The molecule has 0 saturated carbocycles. The first-order valence-electron chi connectivity index (χ1n) is 0.516. The van der Waals surface area contributed by atoms with Crippen molar-refractivity contribution in [2.75, 3.05) is 0 Å². The summed E-state index contributed by atoms with van der Waals surface area (Å²) in [5.41, 5.74) is 0. The molecule has 3 nitrogen and oxygen atoms in total.